The van der Waals surface area contributed by atoms with Crippen molar-refractivity contribution >= 4 is 39.8 Å². The maximum atomic E-state index is 11.8. The highest BCUT2D eigenvalue weighted by Crippen LogP contribution is 2.56. The van der Waals surface area contributed by atoms with Crippen molar-refractivity contribution in [3.05, 3.63) is 65.7 Å². The fourth-order valence-corrected chi connectivity index (χ4v) is 6.42. The fraction of sp³-hybridized carbons (Fsp3) is 0.406. The summed E-state index contributed by atoms with van der Waals surface area (Å²) in [4.78, 5) is 16.7. The van der Waals surface area contributed by atoms with E-state index in [1.165, 1.54) is 22.0 Å². The van der Waals surface area contributed by atoms with Crippen molar-refractivity contribution < 1.29 is 14.3 Å². The zero-order chi connectivity index (χ0) is 26.7. The van der Waals surface area contributed by atoms with Crippen LogP contribution in [0, 0.1) is 5.92 Å². The molecule has 6 heteroatoms. The number of hydrogen-bond donors (Lipinski definition) is 1. The topological polar surface area (TPSA) is 54.0 Å². The van der Waals surface area contributed by atoms with E-state index in [1.54, 1.807) is 6.92 Å². The van der Waals surface area contributed by atoms with E-state index in [2.05, 4.69) is 97.4 Å². The maximum absolute atomic E-state index is 11.8. The minimum atomic E-state index is -0.702. The van der Waals surface area contributed by atoms with E-state index in [9.17, 15) is 4.79 Å². The molecule has 0 aromatic heterocycles. The first-order chi connectivity index (χ1) is 18.2. The molecule has 3 aliphatic heterocycles. The number of ether oxygens (including phenoxy) is 2. The quantitative estimate of drug-likeness (QED) is 0.453. The highest BCUT2D eigenvalue weighted by molar-refractivity contribution is 6.02. The first-order valence-electron chi connectivity index (χ1n) is 13.7. The number of amides is 1. The number of rotatable bonds is 4. The van der Waals surface area contributed by atoms with Crippen molar-refractivity contribution in [1.29, 1.82) is 0 Å². The second kappa shape index (κ2) is 9.05. The van der Waals surface area contributed by atoms with Crippen LogP contribution in [0.4, 0.5) is 17.1 Å². The zero-order valence-electron chi connectivity index (χ0n) is 23.0. The first kappa shape index (κ1) is 24.8. The summed E-state index contributed by atoms with van der Waals surface area (Å²) in [6.07, 6.45) is 4.52. The van der Waals surface area contributed by atoms with Crippen molar-refractivity contribution in [2.24, 2.45) is 5.92 Å². The highest BCUT2D eigenvalue weighted by Gasteiger charge is 2.59. The Balaban J connectivity index is 1.51. The van der Waals surface area contributed by atoms with Crippen LogP contribution in [0.15, 0.2) is 54.6 Å². The van der Waals surface area contributed by atoms with Gasteiger partial charge in [-0.25, -0.2) is 0 Å². The summed E-state index contributed by atoms with van der Waals surface area (Å²) >= 11 is 0. The van der Waals surface area contributed by atoms with Gasteiger partial charge in [-0.05, 0) is 61.1 Å². The number of benzene rings is 3. The number of fused-ring (bicyclic) bond motifs is 4. The summed E-state index contributed by atoms with van der Waals surface area (Å²) in [7, 11) is 0. The van der Waals surface area contributed by atoms with Crippen LogP contribution in [0.2, 0.25) is 0 Å². The van der Waals surface area contributed by atoms with Gasteiger partial charge in [-0.3, -0.25) is 4.79 Å². The molecule has 1 N–H and O–H groups in total. The van der Waals surface area contributed by atoms with Crippen LogP contribution in [0.25, 0.3) is 16.8 Å². The lowest BCUT2D eigenvalue weighted by Crippen LogP contribution is -2.60. The molecule has 0 bridgehead atoms. The molecule has 3 heterocycles. The normalized spacial score (nSPS) is 21.5. The molecule has 3 aromatic rings. The first-order valence-corrected chi connectivity index (χ1v) is 13.7. The van der Waals surface area contributed by atoms with Gasteiger partial charge in [0.1, 0.15) is 5.75 Å². The van der Waals surface area contributed by atoms with Gasteiger partial charge < -0.3 is 24.6 Å². The SMILES string of the molecule is CC(=O)Nc1ccc2c(c1)C(C)(C)C1(C=Cc3c(cc(N4CCOCC4)c4ccccc34)O1)N2CC(C)C. The van der Waals surface area contributed by atoms with Gasteiger partial charge in [0.15, 0.2) is 0 Å². The van der Waals surface area contributed by atoms with Gasteiger partial charge in [-0.15, -0.1) is 0 Å². The summed E-state index contributed by atoms with van der Waals surface area (Å²) < 4.78 is 12.9. The number of morpholine rings is 1. The summed E-state index contributed by atoms with van der Waals surface area (Å²) in [5.41, 5.74) is 4.37. The number of anilines is 3. The lowest BCUT2D eigenvalue weighted by molar-refractivity contribution is -0.114. The average Bonchev–Trinajstić information content (AvgIpc) is 3.06. The van der Waals surface area contributed by atoms with Crippen molar-refractivity contribution in [2.45, 2.75) is 45.8 Å². The van der Waals surface area contributed by atoms with E-state index in [0.717, 1.165) is 55.5 Å². The third-order valence-electron chi connectivity index (χ3n) is 8.24. The molecule has 3 aliphatic rings. The Hall–Kier alpha value is -3.51. The Labute approximate surface area is 225 Å². The molecule has 0 radical (unpaired) electrons. The van der Waals surface area contributed by atoms with Gasteiger partial charge in [0, 0.05) is 60.6 Å². The molecule has 1 unspecified atom stereocenters. The summed E-state index contributed by atoms with van der Waals surface area (Å²) in [5, 5.41) is 5.41. The smallest absolute Gasteiger partial charge is 0.221 e. The molecule has 38 heavy (non-hydrogen) atoms. The molecule has 1 fully saturated rings. The van der Waals surface area contributed by atoms with Crippen LogP contribution in [0.3, 0.4) is 0 Å². The van der Waals surface area contributed by atoms with Gasteiger partial charge in [-0.2, -0.15) is 0 Å². The van der Waals surface area contributed by atoms with E-state index in [-0.39, 0.29) is 11.3 Å². The summed E-state index contributed by atoms with van der Waals surface area (Å²) in [6.45, 7) is 14.6. The van der Waals surface area contributed by atoms with Crippen LogP contribution >= 0.6 is 0 Å². The number of hydrogen-bond acceptors (Lipinski definition) is 5. The number of nitrogens with one attached hydrogen (secondary N) is 1. The second-order valence-electron chi connectivity index (χ2n) is 11.6. The van der Waals surface area contributed by atoms with Gasteiger partial charge in [-0.1, -0.05) is 38.1 Å². The third-order valence-corrected chi connectivity index (χ3v) is 8.24. The number of carbonyl (C=O) groups is 1. The minimum Gasteiger partial charge on any atom is -0.463 e. The fourth-order valence-electron chi connectivity index (χ4n) is 6.42. The lowest BCUT2D eigenvalue weighted by Gasteiger charge is -2.48. The monoisotopic (exact) mass is 511 g/mol. The number of carbonyl (C=O) groups excluding carboxylic acids is 1. The van der Waals surface area contributed by atoms with Crippen molar-refractivity contribution in [3.8, 4) is 5.75 Å². The minimum absolute atomic E-state index is 0.0697. The van der Waals surface area contributed by atoms with Crippen LogP contribution in [0.1, 0.15) is 45.7 Å². The van der Waals surface area contributed by atoms with E-state index >= 15 is 0 Å². The van der Waals surface area contributed by atoms with Gasteiger partial charge >= 0.3 is 0 Å². The van der Waals surface area contributed by atoms with E-state index < -0.39 is 5.72 Å². The second-order valence-corrected chi connectivity index (χ2v) is 11.6. The molecule has 1 spiro atoms. The predicted molar refractivity (Wildman–Crippen MR) is 155 cm³/mol. The van der Waals surface area contributed by atoms with E-state index in [1.807, 2.05) is 6.07 Å². The largest absolute Gasteiger partial charge is 0.463 e. The third kappa shape index (κ3) is 3.77. The molecule has 6 rings (SSSR count). The Morgan fingerprint density at radius 2 is 1.76 bits per heavy atom. The molecule has 198 valence electrons. The highest BCUT2D eigenvalue weighted by atomic mass is 16.5. The molecular weight excluding hydrogens is 474 g/mol. The average molecular weight is 512 g/mol. The Morgan fingerprint density at radius 3 is 2.47 bits per heavy atom. The van der Waals surface area contributed by atoms with Crippen LogP contribution in [0.5, 0.6) is 5.75 Å². The summed E-state index contributed by atoms with van der Waals surface area (Å²) in [5.74, 6) is 1.27. The molecule has 3 aromatic carbocycles. The van der Waals surface area contributed by atoms with Crippen molar-refractivity contribution in [1.82, 2.24) is 0 Å². The van der Waals surface area contributed by atoms with Gasteiger partial charge in [0.25, 0.3) is 0 Å². The Kier molecular flexibility index (Phi) is 5.91. The van der Waals surface area contributed by atoms with Crippen LogP contribution < -0.4 is 19.9 Å². The van der Waals surface area contributed by atoms with Crippen molar-refractivity contribution in [3.63, 3.8) is 0 Å². The summed E-state index contributed by atoms with van der Waals surface area (Å²) in [6, 6.07) is 17.1. The number of nitrogens with zero attached hydrogens (tertiary/aromatic N) is 2. The maximum Gasteiger partial charge on any atom is 0.221 e. The van der Waals surface area contributed by atoms with E-state index in [4.69, 9.17) is 9.47 Å². The molecule has 6 nitrogen and oxygen atoms in total. The molecular formula is C32H37N3O3. The van der Waals surface area contributed by atoms with Crippen LogP contribution in [-0.4, -0.2) is 44.5 Å². The molecule has 0 aliphatic carbocycles. The van der Waals surface area contributed by atoms with Crippen LogP contribution in [-0.2, 0) is 14.9 Å². The van der Waals surface area contributed by atoms with Gasteiger partial charge in [0.2, 0.25) is 11.6 Å². The van der Waals surface area contributed by atoms with E-state index in [0.29, 0.717) is 5.92 Å². The standard InChI is InChI=1S/C32H37N3O3/c1-21(2)20-35-28-11-10-23(33-22(3)36)18-27(28)31(4,5)32(35)13-12-26-24-8-6-7-9-25(24)29(19-30(26)38-32)34-14-16-37-17-15-34/h6-13,18-19,21H,14-17,20H2,1-5H3,(H,33,36). The predicted octanol–water partition coefficient (Wildman–Crippen LogP) is 6.19. The molecule has 1 amide bonds. The van der Waals surface area contributed by atoms with Gasteiger partial charge in [0.05, 0.1) is 18.6 Å². The van der Waals surface area contributed by atoms with Crippen molar-refractivity contribution in [2.75, 3.05) is 48.0 Å². The molecule has 1 atom stereocenters. The molecule has 1 saturated heterocycles. The molecule has 0 saturated carbocycles. The lowest BCUT2D eigenvalue weighted by atomic mass is 9.76. The Bertz CT molecular complexity index is 1440. The Morgan fingerprint density at radius 1 is 1.03 bits per heavy atom. The zero-order valence-corrected chi connectivity index (χ0v) is 23.0.